The van der Waals surface area contributed by atoms with Crippen LogP contribution in [0.3, 0.4) is 0 Å². The summed E-state index contributed by atoms with van der Waals surface area (Å²) in [5.41, 5.74) is 5.41. The minimum atomic E-state index is -3.50. The van der Waals surface area contributed by atoms with E-state index in [0.29, 0.717) is 18.6 Å². The molecule has 1 saturated heterocycles. The average molecular weight is 398 g/mol. The molecule has 2 aliphatic heterocycles. The monoisotopic (exact) mass is 398 g/mol. The fourth-order valence-electron chi connectivity index (χ4n) is 2.93. The van der Waals surface area contributed by atoms with Gasteiger partial charge in [-0.15, -0.1) is 9.05 Å². The maximum absolute atomic E-state index is 13.6. The summed E-state index contributed by atoms with van der Waals surface area (Å²) >= 11 is 0. The largest absolute Gasteiger partial charge is 0.619 e. The van der Waals surface area contributed by atoms with Crippen LogP contribution in [0.2, 0.25) is 0 Å². The lowest BCUT2D eigenvalue weighted by atomic mass is 10.2. The summed E-state index contributed by atoms with van der Waals surface area (Å²) in [7, 11) is -3.50. The average Bonchev–Trinajstić information content (AvgIpc) is 3.12. The molecular formula is C16H18FN3O6P+. The van der Waals surface area contributed by atoms with Crippen molar-refractivity contribution in [3.8, 4) is 5.75 Å². The molecule has 0 radical (unpaired) electrons. The highest BCUT2D eigenvalue weighted by molar-refractivity contribution is 7.55. The Labute approximate surface area is 154 Å². The number of anilines is 1. The molecule has 0 saturated carbocycles. The van der Waals surface area contributed by atoms with Gasteiger partial charge in [0.05, 0.1) is 12.3 Å². The fourth-order valence-corrected chi connectivity index (χ4v) is 4.20. The van der Waals surface area contributed by atoms with Crippen molar-refractivity contribution in [3.05, 3.63) is 52.3 Å². The van der Waals surface area contributed by atoms with E-state index in [-0.39, 0.29) is 13.2 Å². The lowest BCUT2D eigenvalue weighted by Gasteiger charge is -2.22. The molecule has 27 heavy (non-hydrogen) atoms. The molecule has 1 aromatic heterocycles. The summed E-state index contributed by atoms with van der Waals surface area (Å²) in [5, 5.41) is 0. The standard InChI is InChI=1S/C16H17FN3O6P/c17-12-7-20(16(21)19-15(12)18)14-6-5-11(25-14)9-24-27(22)23-8-10-3-1-2-4-13(10)26-27/h1-4,7,11,14,22H,5-6,8-9H2,(H-,18,19,21)/p+1. The highest BCUT2D eigenvalue weighted by atomic mass is 31.2. The van der Waals surface area contributed by atoms with Crippen molar-refractivity contribution < 1.29 is 27.6 Å². The maximum atomic E-state index is 13.6. The number of fused-ring (bicyclic) bond motifs is 1. The first-order chi connectivity index (χ1) is 12.9. The van der Waals surface area contributed by atoms with Crippen LogP contribution in [0.5, 0.6) is 5.75 Å². The Bertz CT molecular complexity index is 912. The zero-order valence-electron chi connectivity index (χ0n) is 14.2. The molecule has 2 aliphatic rings. The summed E-state index contributed by atoms with van der Waals surface area (Å²) in [5.74, 6) is -0.728. The Morgan fingerprint density at radius 2 is 2.22 bits per heavy atom. The zero-order chi connectivity index (χ0) is 19.0. The van der Waals surface area contributed by atoms with Crippen LogP contribution in [-0.4, -0.2) is 27.2 Å². The van der Waals surface area contributed by atoms with Gasteiger partial charge in [-0.25, -0.2) is 9.18 Å². The van der Waals surface area contributed by atoms with Gasteiger partial charge in [0, 0.05) is 5.56 Å². The molecule has 0 aliphatic carbocycles. The molecule has 0 amide bonds. The molecule has 3 heterocycles. The minimum absolute atomic E-state index is 0.00256. The van der Waals surface area contributed by atoms with E-state index in [1.165, 1.54) is 0 Å². The van der Waals surface area contributed by atoms with Gasteiger partial charge >= 0.3 is 13.9 Å². The number of hydrogen-bond acceptors (Lipinski definition) is 8. The van der Waals surface area contributed by atoms with E-state index in [1.54, 1.807) is 12.1 Å². The molecule has 1 aromatic carbocycles. The van der Waals surface area contributed by atoms with Crippen molar-refractivity contribution >= 4 is 14.0 Å². The highest BCUT2D eigenvalue weighted by Crippen LogP contribution is 2.61. The van der Waals surface area contributed by atoms with Crippen LogP contribution >= 0.6 is 8.17 Å². The third-order valence-corrected chi connectivity index (χ3v) is 5.68. The normalized spacial score (nSPS) is 27.2. The van der Waals surface area contributed by atoms with Gasteiger partial charge in [0.15, 0.2) is 17.4 Å². The van der Waals surface area contributed by atoms with E-state index in [1.807, 2.05) is 12.1 Å². The minimum Gasteiger partial charge on any atom is -0.381 e. The first-order valence-electron chi connectivity index (χ1n) is 8.31. The van der Waals surface area contributed by atoms with Crippen LogP contribution < -0.4 is 15.9 Å². The van der Waals surface area contributed by atoms with Crippen molar-refractivity contribution in [1.82, 2.24) is 9.55 Å². The topological polar surface area (TPSA) is 118 Å². The summed E-state index contributed by atoms with van der Waals surface area (Å²) in [6, 6.07) is 7.19. The molecule has 3 atom stereocenters. The van der Waals surface area contributed by atoms with Gasteiger partial charge in [-0.3, -0.25) is 9.09 Å². The van der Waals surface area contributed by atoms with Gasteiger partial charge in [-0.2, -0.15) is 9.88 Å². The second-order valence-electron chi connectivity index (χ2n) is 6.19. The van der Waals surface area contributed by atoms with E-state index in [0.717, 1.165) is 16.3 Å². The molecule has 2 aromatic rings. The van der Waals surface area contributed by atoms with E-state index >= 15 is 0 Å². The van der Waals surface area contributed by atoms with Crippen molar-refractivity contribution in [2.75, 3.05) is 12.3 Å². The predicted octanol–water partition coefficient (Wildman–Crippen LogP) is 1.94. The van der Waals surface area contributed by atoms with Crippen molar-refractivity contribution in [2.24, 2.45) is 0 Å². The SMILES string of the molecule is Nc1nc(=O)n(C2CCC(CO[P+]3(O)OCc4ccccc4O3)O2)cc1F. The molecule has 0 bridgehead atoms. The predicted molar refractivity (Wildman–Crippen MR) is 93.0 cm³/mol. The number of ether oxygens (including phenoxy) is 1. The van der Waals surface area contributed by atoms with E-state index in [9.17, 15) is 14.1 Å². The smallest absolute Gasteiger partial charge is 0.381 e. The number of rotatable bonds is 4. The number of hydrogen-bond donors (Lipinski definition) is 2. The molecule has 1 fully saturated rings. The second kappa shape index (κ2) is 7.14. The number of nitrogen functional groups attached to an aromatic ring is 1. The summed E-state index contributed by atoms with van der Waals surface area (Å²) < 4.78 is 36.6. The summed E-state index contributed by atoms with van der Waals surface area (Å²) in [4.78, 5) is 25.7. The lowest BCUT2D eigenvalue weighted by molar-refractivity contribution is -0.0304. The van der Waals surface area contributed by atoms with Crippen LogP contribution in [0.4, 0.5) is 10.2 Å². The highest BCUT2D eigenvalue weighted by Gasteiger charge is 2.51. The third-order valence-electron chi connectivity index (χ3n) is 4.32. The van der Waals surface area contributed by atoms with Gasteiger partial charge in [0.1, 0.15) is 19.4 Å². The molecule has 3 N–H and O–H groups in total. The number of nitrogens with two attached hydrogens (primary N) is 1. The fraction of sp³-hybridized carbons (Fsp3) is 0.375. The maximum Gasteiger partial charge on any atom is 0.619 e. The van der Waals surface area contributed by atoms with Crippen LogP contribution in [0.15, 0.2) is 35.3 Å². The molecule has 11 heteroatoms. The molecule has 9 nitrogen and oxygen atoms in total. The van der Waals surface area contributed by atoms with Gasteiger partial charge in [0.2, 0.25) is 0 Å². The second-order valence-corrected chi connectivity index (χ2v) is 7.83. The number of benzene rings is 1. The van der Waals surface area contributed by atoms with Crippen LogP contribution in [0.25, 0.3) is 0 Å². The molecule has 3 unspecified atom stereocenters. The number of aromatic nitrogens is 2. The number of para-hydroxylation sites is 1. The Kier molecular flexibility index (Phi) is 4.83. The van der Waals surface area contributed by atoms with Crippen molar-refractivity contribution in [1.29, 1.82) is 0 Å². The lowest BCUT2D eigenvalue weighted by Crippen LogP contribution is -2.29. The molecule has 4 rings (SSSR count). The first kappa shape index (κ1) is 18.3. The quantitative estimate of drug-likeness (QED) is 0.751. The molecule has 144 valence electrons. The summed E-state index contributed by atoms with van der Waals surface area (Å²) in [6.07, 6.45) is 0.871. The molecular weight excluding hydrogens is 380 g/mol. The van der Waals surface area contributed by atoms with Gasteiger partial charge < -0.3 is 10.5 Å². The Balaban J connectivity index is 1.37. The van der Waals surface area contributed by atoms with Crippen LogP contribution in [0.1, 0.15) is 24.6 Å². The van der Waals surface area contributed by atoms with Crippen LogP contribution in [0, 0.1) is 5.82 Å². The third kappa shape index (κ3) is 3.80. The van der Waals surface area contributed by atoms with E-state index < -0.39 is 37.8 Å². The van der Waals surface area contributed by atoms with Crippen molar-refractivity contribution in [3.63, 3.8) is 0 Å². The van der Waals surface area contributed by atoms with Crippen LogP contribution in [-0.2, 0) is 20.4 Å². The Morgan fingerprint density at radius 1 is 1.41 bits per heavy atom. The molecule has 0 spiro atoms. The van der Waals surface area contributed by atoms with Gasteiger partial charge in [-0.05, 0) is 18.9 Å². The van der Waals surface area contributed by atoms with Gasteiger partial charge in [0.25, 0.3) is 0 Å². The first-order valence-corrected chi connectivity index (χ1v) is 9.81. The zero-order valence-corrected chi connectivity index (χ0v) is 15.0. The number of nitrogens with zero attached hydrogens (tertiary/aromatic N) is 2. The van der Waals surface area contributed by atoms with E-state index in [4.69, 9.17) is 24.0 Å². The Morgan fingerprint density at radius 3 is 3.07 bits per heavy atom. The Hall–Kier alpha value is -2.10. The van der Waals surface area contributed by atoms with Gasteiger partial charge in [-0.1, -0.05) is 18.2 Å². The van der Waals surface area contributed by atoms with Crippen molar-refractivity contribution in [2.45, 2.75) is 31.8 Å². The summed E-state index contributed by atoms with van der Waals surface area (Å²) in [6.45, 7) is 0.183. The van der Waals surface area contributed by atoms with E-state index in [2.05, 4.69) is 4.98 Å². The number of halogens is 1.